The summed E-state index contributed by atoms with van der Waals surface area (Å²) >= 11 is 0. The number of nitrogens with zero attached hydrogens (tertiary/aromatic N) is 1. The Morgan fingerprint density at radius 1 is 1.20 bits per heavy atom. The minimum Gasteiger partial charge on any atom is -0.481 e. The molecular formula is C17H29NO2. The van der Waals surface area contributed by atoms with E-state index in [2.05, 4.69) is 24.9 Å². The molecule has 2 unspecified atom stereocenters. The Morgan fingerprint density at radius 3 is 2.55 bits per heavy atom. The van der Waals surface area contributed by atoms with E-state index in [9.17, 15) is 9.90 Å². The molecule has 1 heterocycles. The van der Waals surface area contributed by atoms with Gasteiger partial charge in [-0.15, -0.1) is 0 Å². The van der Waals surface area contributed by atoms with Crippen LogP contribution in [0, 0.1) is 5.41 Å². The van der Waals surface area contributed by atoms with Crippen LogP contribution in [0.4, 0.5) is 0 Å². The molecule has 1 aliphatic rings. The molecule has 0 radical (unpaired) electrons. The molecule has 114 valence electrons. The Hall–Kier alpha value is -1.12. The standard InChI is InChI=1S/C17H29NO2/c1-3-5-7-10-15-17(14-16(19)20,11-8-6-4-2)12-9-13-18-15/h9,12-13,15H,3-8,10-11,14H2,1-2H3,(H,19,20). The largest absolute Gasteiger partial charge is 0.481 e. The summed E-state index contributed by atoms with van der Waals surface area (Å²) in [6.45, 7) is 4.37. The van der Waals surface area contributed by atoms with Gasteiger partial charge in [-0.3, -0.25) is 9.79 Å². The van der Waals surface area contributed by atoms with Gasteiger partial charge in [-0.05, 0) is 18.9 Å². The maximum Gasteiger partial charge on any atom is 0.304 e. The Balaban J connectivity index is 2.76. The molecule has 3 nitrogen and oxygen atoms in total. The molecule has 0 aliphatic carbocycles. The van der Waals surface area contributed by atoms with Crippen molar-refractivity contribution in [3.8, 4) is 0 Å². The van der Waals surface area contributed by atoms with Crippen molar-refractivity contribution in [2.75, 3.05) is 0 Å². The van der Waals surface area contributed by atoms with Gasteiger partial charge >= 0.3 is 5.97 Å². The van der Waals surface area contributed by atoms with Crippen LogP contribution in [0.1, 0.15) is 71.6 Å². The van der Waals surface area contributed by atoms with Gasteiger partial charge in [0.2, 0.25) is 0 Å². The average molecular weight is 279 g/mol. The summed E-state index contributed by atoms with van der Waals surface area (Å²) in [6, 6.07) is 0.145. The zero-order valence-electron chi connectivity index (χ0n) is 13.0. The van der Waals surface area contributed by atoms with Crippen molar-refractivity contribution in [2.45, 2.75) is 77.7 Å². The number of rotatable bonds is 10. The van der Waals surface area contributed by atoms with Gasteiger partial charge in [0.1, 0.15) is 0 Å². The quantitative estimate of drug-likeness (QED) is 0.593. The third kappa shape index (κ3) is 5.10. The maximum absolute atomic E-state index is 11.3. The van der Waals surface area contributed by atoms with Gasteiger partial charge in [0.25, 0.3) is 0 Å². The smallest absolute Gasteiger partial charge is 0.304 e. The van der Waals surface area contributed by atoms with Gasteiger partial charge in [-0.25, -0.2) is 0 Å². The zero-order valence-corrected chi connectivity index (χ0v) is 13.0. The summed E-state index contributed by atoms with van der Waals surface area (Å²) in [5.41, 5.74) is -0.260. The molecule has 0 aromatic carbocycles. The molecule has 0 saturated carbocycles. The van der Waals surface area contributed by atoms with Gasteiger partial charge in [-0.1, -0.05) is 58.4 Å². The first kappa shape index (κ1) is 16.9. The highest BCUT2D eigenvalue weighted by Crippen LogP contribution is 2.40. The van der Waals surface area contributed by atoms with Crippen LogP contribution in [0.15, 0.2) is 17.1 Å². The first-order valence-corrected chi connectivity index (χ1v) is 8.07. The third-order valence-corrected chi connectivity index (χ3v) is 4.25. The summed E-state index contributed by atoms with van der Waals surface area (Å²) in [6.07, 6.45) is 15.0. The highest BCUT2D eigenvalue weighted by Gasteiger charge is 2.38. The number of aliphatic imine (C=N–C) groups is 1. The molecule has 1 rings (SSSR count). The number of aliphatic carboxylic acids is 1. The minimum absolute atomic E-state index is 0.145. The molecule has 20 heavy (non-hydrogen) atoms. The van der Waals surface area contributed by atoms with Gasteiger partial charge in [0.15, 0.2) is 0 Å². The van der Waals surface area contributed by atoms with Gasteiger partial charge in [0, 0.05) is 11.6 Å². The molecule has 1 aliphatic heterocycles. The highest BCUT2D eigenvalue weighted by molar-refractivity contribution is 5.74. The minimum atomic E-state index is -0.705. The van der Waals surface area contributed by atoms with Gasteiger partial charge < -0.3 is 5.11 Å². The zero-order chi connectivity index (χ0) is 14.8. The number of dihydropyridines is 1. The second-order valence-corrected chi connectivity index (χ2v) is 5.93. The van der Waals surface area contributed by atoms with E-state index in [0.717, 1.165) is 32.1 Å². The predicted molar refractivity (Wildman–Crippen MR) is 84.4 cm³/mol. The second kappa shape index (κ2) is 8.93. The van der Waals surface area contributed by atoms with Crippen LogP contribution < -0.4 is 0 Å². The molecule has 0 aromatic heterocycles. The van der Waals surface area contributed by atoms with Crippen molar-refractivity contribution in [1.82, 2.24) is 0 Å². The first-order valence-electron chi connectivity index (χ1n) is 8.07. The SMILES string of the molecule is CCCCCC1N=CC=CC1(CCCCC)CC(=O)O. The fourth-order valence-electron chi connectivity index (χ4n) is 3.10. The number of carboxylic acids is 1. The lowest BCUT2D eigenvalue weighted by atomic mass is 9.70. The lowest BCUT2D eigenvalue weighted by Gasteiger charge is -2.37. The Labute approximate surface area is 123 Å². The summed E-state index contributed by atoms with van der Waals surface area (Å²) < 4.78 is 0. The predicted octanol–water partition coefficient (Wildman–Crippen LogP) is 4.62. The number of allylic oxidation sites excluding steroid dienone is 1. The van der Waals surface area contributed by atoms with E-state index in [1.54, 1.807) is 0 Å². The summed E-state index contributed by atoms with van der Waals surface area (Å²) in [5.74, 6) is -0.705. The summed E-state index contributed by atoms with van der Waals surface area (Å²) in [4.78, 5) is 15.9. The second-order valence-electron chi connectivity index (χ2n) is 5.93. The Morgan fingerprint density at radius 2 is 1.90 bits per heavy atom. The lowest BCUT2D eigenvalue weighted by Crippen LogP contribution is -2.36. The fourth-order valence-corrected chi connectivity index (χ4v) is 3.10. The number of carboxylic acid groups (broad SMARTS) is 1. The van der Waals surface area contributed by atoms with E-state index in [1.807, 2.05) is 12.3 Å². The van der Waals surface area contributed by atoms with E-state index in [4.69, 9.17) is 0 Å². The monoisotopic (exact) mass is 279 g/mol. The molecule has 3 heteroatoms. The molecule has 0 bridgehead atoms. The maximum atomic E-state index is 11.3. The topological polar surface area (TPSA) is 49.7 Å². The van der Waals surface area contributed by atoms with Crippen molar-refractivity contribution >= 4 is 12.2 Å². The van der Waals surface area contributed by atoms with E-state index >= 15 is 0 Å². The van der Waals surface area contributed by atoms with E-state index in [-0.39, 0.29) is 17.9 Å². The molecule has 0 spiro atoms. The van der Waals surface area contributed by atoms with Crippen molar-refractivity contribution in [3.63, 3.8) is 0 Å². The lowest BCUT2D eigenvalue weighted by molar-refractivity contribution is -0.139. The summed E-state index contributed by atoms with van der Waals surface area (Å²) in [5, 5.41) is 9.29. The van der Waals surface area contributed by atoms with Crippen molar-refractivity contribution in [3.05, 3.63) is 12.2 Å². The molecule has 0 aromatic rings. The number of unbranched alkanes of at least 4 members (excludes halogenated alkanes) is 4. The number of carbonyl (C=O) groups is 1. The van der Waals surface area contributed by atoms with Crippen LogP contribution >= 0.6 is 0 Å². The van der Waals surface area contributed by atoms with Crippen molar-refractivity contribution in [1.29, 1.82) is 0 Å². The Kier molecular flexibility index (Phi) is 7.56. The molecule has 2 atom stereocenters. The normalized spacial score (nSPS) is 25.0. The number of hydrogen-bond donors (Lipinski definition) is 1. The molecule has 0 fully saturated rings. The third-order valence-electron chi connectivity index (χ3n) is 4.25. The first-order chi connectivity index (χ1) is 9.64. The molecule has 0 saturated heterocycles. The van der Waals surface area contributed by atoms with E-state index < -0.39 is 5.97 Å². The van der Waals surface area contributed by atoms with Gasteiger partial charge in [-0.2, -0.15) is 0 Å². The van der Waals surface area contributed by atoms with Crippen molar-refractivity contribution in [2.24, 2.45) is 10.4 Å². The fraction of sp³-hybridized carbons (Fsp3) is 0.765. The van der Waals surface area contributed by atoms with Crippen LogP contribution in [0.2, 0.25) is 0 Å². The van der Waals surface area contributed by atoms with Crippen LogP contribution in [0.25, 0.3) is 0 Å². The van der Waals surface area contributed by atoms with Crippen LogP contribution in [-0.2, 0) is 4.79 Å². The van der Waals surface area contributed by atoms with Crippen LogP contribution in [0.3, 0.4) is 0 Å². The average Bonchev–Trinajstić information content (AvgIpc) is 2.41. The number of hydrogen-bond acceptors (Lipinski definition) is 2. The van der Waals surface area contributed by atoms with Gasteiger partial charge in [0.05, 0.1) is 12.5 Å². The van der Waals surface area contributed by atoms with Crippen LogP contribution in [0.5, 0.6) is 0 Å². The van der Waals surface area contributed by atoms with E-state index in [1.165, 1.54) is 19.3 Å². The molecular weight excluding hydrogens is 250 g/mol. The molecule has 0 amide bonds. The Bertz CT molecular complexity index is 349. The van der Waals surface area contributed by atoms with E-state index in [0.29, 0.717) is 0 Å². The van der Waals surface area contributed by atoms with Crippen molar-refractivity contribution < 1.29 is 9.90 Å². The highest BCUT2D eigenvalue weighted by atomic mass is 16.4. The van der Waals surface area contributed by atoms with Crippen LogP contribution in [-0.4, -0.2) is 23.3 Å². The summed E-state index contributed by atoms with van der Waals surface area (Å²) in [7, 11) is 0. The molecule has 1 N–H and O–H groups in total.